The lowest BCUT2D eigenvalue weighted by Crippen LogP contribution is -2.46. The van der Waals surface area contributed by atoms with E-state index in [0.717, 1.165) is 37.6 Å². The van der Waals surface area contributed by atoms with Crippen molar-refractivity contribution < 1.29 is 9.53 Å². The fourth-order valence-corrected chi connectivity index (χ4v) is 3.69. The van der Waals surface area contributed by atoms with Crippen LogP contribution in [-0.2, 0) is 4.79 Å². The van der Waals surface area contributed by atoms with E-state index >= 15 is 0 Å². The van der Waals surface area contributed by atoms with Crippen LogP contribution in [-0.4, -0.2) is 50.1 Å². The zero-order valence-corrected chi connectivity index (χ0v) is 14.5. The molecule has 23 heavy (non-hydrogen) atoms. The number of fused-ring (bicyclic) bond motifs is 1. The lowest BCUT2D eigenvalue weighted by molar-refractivity contribution is -0.125. The van der Waals surface area contributed by atoms with Gasteiger partial charge in [0.25, 0.3) is 5.91 Å². The highest BCUT2D eigenvalue weighted by atomic mass is 16.5. The van der Waals surface area contributed by atoms with Crippen LogP contribution in [0.4, 0.5) is 5.69 Å². The first-order valence-electron chi connectivity index (χ1n) is 8.52. The molecule has 2 atom stereocenters. The summed E-state index contributed by atoms with van der Waals surface area (Å²) in [7, 11) is 1.83. The summed E-state index contributed by atoms with van der Waals surface area (Å²) in [6.07, 6.45) is -0.410. The first-order chi connectivity index (χ1) is 11.0. The van der Waals surface area contributed by atoms with E-state index in [9.17, 15) is 4.79 Å². The van der Waals surface area contributed by atoms with Crippen LogP contribution in [0.5, 0.6) is 5.75 Å². The maximum Gasteiger partial charge on any atom is 0.267 e. The molecule has 5 heteroatoms. The molecule has 2 unspecified atom stereocenters. The van der Waals surface area contributed by atoms with Gasteiger partial charge in [0.1, 0.15) is 5.75 Å². The number of nitrogens with zero attached hydrogens (tertiary/aromatic N) is 2. The number of likely N-dealkylation sites (N-methyl/N-ethyl adjacent to an activating group) is 1. The number of carbonyl (C=O) groups excluding carboxylic acids is 1. The van der Waals surface area contributed by atoms with Crippen LogP contribution < -0.4 is 15.0 Å². The fourth-order valence-electron chi connectivity index (χ4n) is 3.69. The average Bonchev–Trinajstić information content (AvgIpc) is 2.54. The SMILES string of the molecule is CC1Oc2ccc(C(C(C)C)N3CCNCC3)cc2N(C)C1=O. The third-order valence-corrected chi connectivity index (χ3v) is 4.84. The zero-order valence-electron chi connectivity index (χ0n) is 14.5. The highest BCUT2D eigenvalue weighted by Gasteiger charge is 2.31. The van der Waals surface area contributed by atoms with Crippen molar-refractivity contribution in [1.29, 1.82) is 0 Å². The van der Waals surface area contributed by atoms with Crippen LogP contribution in [0.3, 0.4) is 0 Å². The minimum atomic E-state index is -0.410. The van der Waals surface area contributed by atoms with E-state index in [0.29, 0.717) is 12.0 Å². The van der Waals surface area contributed by atoms with Crippen LogP contribution in [0.1, 0.15) is 32.4 Å². The number of carbonyl (C=O) groups is 1. The molecule has 2 aliphatic rings. The van der Waals surface area contributed by atoms with E-state index in [4.69, 9.17) is 4.74 Å². The van der Waals surface area contributed by atoms with Crippen LogP contribution in [0, 0.1) is 5.92 Å². The summed E-state index contributed by atoms with van der Waals surface area (Å²) in [6, 6.07) is 6.67. The lowest BCUT2D eigenvalue weighted by Gasteiger charge is -2.38. The van der Waals surface area contributed by atoms with Gasteiger partial charge in [-0.25, -0.2) is 0 Å². The van der Waals surface area contributed by atoms with Crippen molar-refractivity contribution in [2.75, 3.05) is 38.1 Å². The number of rotatable bonds is 3. The number of ether oxygens (including phenoxy) is 1. The van der Waals surface area contributed by atoms with Crippen molar-refractivity contribution in [1.82, 2.24) is 10.2 Å². The topological polar surface area (TPSA) is 44.8 Å². The van der Waals surface area contributed by atoms with Gasteiger partial charge in [-0.1, -0.05) is 19.9 Å². The Bertz CT molecular complexity index is 582. The van der Waals surface area contributed by atoms with Crippen LogP contribution in [0.15, 0.2) is 18.2 Å². The Balaban J connectivity index is 1.94. The molecule has 0 bridgehead atoms. The van der Waals surface area contributed by atoms with Gasteiger partial charge in [-0.3, -0.25) is 9.69 Å². The predicted octanol–water partition coefficient (Wildman–Crippen LogP) is 2.03. The normalized spacial score (nSPS) is 23.6. The molecule has 1 amide bonds. The molecule has 1 N–H and O–H groups in total. The van der Waals surface area contributed by atoms with E-state index in [2.05, 4.69) is 36.2 Å². The molecule has 1 aromatic carbocycles. The third kappa shape index (κ3) is 3.08. The molecule has 0 saturated carbocycles. The Labute approximate surface area is 138 Å². The van der Waals surface area contributed by atoms with Gasteiger partial charge in [0, 0.05) is 39.3 Å². The van der Waals surface area contributed by atoms with Gasteiger partial charge >= 0.3 is 0 Å². The van der Waals surface area contributed by atoms with Gasteiger partial charge in [-0.05, 0) is 30.5 Å². The fraction of sp³-hybridized carbons (Fsp3) is 0.611. The molecule has 5 nitrogen and oxygen atoms in total. The highest BCUT2D eigenvalue weighted by Crippen LogP contribution is 2.38. The van der Waals surface area contributed by atoms with Gasteiger partial charge in [0.05, 0.1) is 5.69 Å². The molecule has 1 aromatic rings. The van der Waals surface area contributed by atoms with Gasteiger partial charge in [0.15, 0.2) is 6.10 Å². The summed E-state index contributed by atoms with van der Waals surface area (Å²) in [6.45, 7) is 10.5. The Morgan fingerprint density at radius 2 is 1.96 bits per heavy atom. The summed E-state index contributed by atoms with van der Waals surface area (Å²) in [5, 5.41) is 3.41. The summed E-state index contributed by atoms with van der Waals surface area (Å²) < 4.78 is 5.74. The summed E-state index contributed by atoms with van der Waals surface area (Å²) in [5.74, 6) is 1.32. The van der Waals surface area contributed by atoms with Crippen LogP contribution >= 0.6 is 0 Å². The molecule has 3 rings (SSSR count). The number of piperazine rings is 1. The minimum absolute atomic E-state index is 0.0120. The molecule has 0 aliphatic carbocycles. The lowest BCUT2D eigenvalue weighted by atomic mass is 9.93. The quantitative estimate of drug-likeness (QED) is 0.926. The molecule has 1 fully saturated rings. The predicted molar refractivity (Wildman–Crippen MR) is 92.0 cm³/mol. The number of anilines is 1. The van der Waals surface area contributed by atoms with Crippen molar-refractivity contribution in [3.05, 3.63) is 23.8 Å². The van der Waals surface area contributed by atoms with Crippen molar-refractivity contribution in [3.8, 4) is 5.75 Å². The Morgan fingerprint density at radius 1 is 1.26 bits per heavy atom. The molecule has 126 valence electrons. The molecular formula is C18H27N3O2. The second-order valence-corrected chi connectivity index (χ2v) is 6.86. The molecule has 0 spiro atoms. The van der Waals surface area contributed by atoms with Gasteiger partial charge in [0.2, 0.25) is 0 Å². The van der Waals surface area contributed by atoms with Gasteiger partial charge in [-0.2, -0.15) is 0 Å². The second kappa shape index (κ2) is 6.49. The third-order valence-electron chi connectivity index (χ3n) is 4.84. The van der Waals surface area contributed by atoms with E-state index < -0.39 is 6.10 Å². The van der Waals surface area contributed by atoms with Gasteiger partial charge < -0.3 is 15.0 Å². The van der Waals surface area contributed by atoms with Crippen molar-refractivity contribution in [3.63, 3.8) is 0 Å². The number of nitrogens with one attached hydrogen (secondary N) is 1. The molecule has 0 radical (unpaired) electrons. The molecular weight excluding hydrogens is 290 g/mol. The largest absolute Gasteiger partial charge is 0.479 e. The van der Waals surface area contributed by atoms with E-state index in [1.54, 1.807) is 11.8 Å². The Hall–Kier alpha value is -1.59. The van der Waals surface area contributed by atoms with Gasteiger partial charge in [-0.15, -0.1) is 0 Å². The molecule has 2 heterocycles. The van der Waals surface area contributed by atoms with Crippen molar-refractivity contribution in [2.24, 2.45) is 5.92 Å². The number of hydrogen-bond acceptors (Lipinski definition) is 4. The van der Waals surface area contributed by atoms with Crippen LogP contribution in [0.25, 0.3) is 0 Å². The second-order valence-electron chi connectivity index (χ2n) is 6.86. The maximum atomic E-state index is 12.2. The van der Waals surface area contributed by atoms with E-state index in [1.807, 2.05) is 13.1 Å². The molecule has 1 saturated heterocycles. The monoisotopic (exact) mass is 317 g/mol. The highest BCUT2D eigenvalue weighted by molar-refractivity contribution is 5.99. The average molecular weight is 317 g/mol. The summed E-state index contributed by atoms with van der Waals surface area (Å²) >= 11 is 0. The van der Waals surface area contributed by atoms with E-state index in [1.165, 1.54) is 5.56 Å². The smallest absolute Gasteiger partial charge is 0.267 e. The summed E-state index contributed by atoms with van der Waals surface area (Å²) in [4.78, 5) is 16.4. The maximum absolute atomic E-state index is 12.2. The first-order valence-corrected chi connectivity index (χ1v) is 8.52. The van der Waals surface area contributed by atoms with Crippen molar-refractivity contribution in [2.45, 2.75) is 32.9 Å². The Kier molecular flexibility index (Phi) is 4.60. The van der Waals surface area contributed by atoms with Crippen molar-refractivity contribution >= 4 is 11.6 Å². The van der Waals surface area contributed by atoms with E-state index in [-0.39, 0.29) is 5.91 Å². The number of amides is 1. The molecule has 0 aromatic heterocycles. The number of hydrogen-bond donors (Lipinski definition) is 1. The standard InChI is InChI=1S/C18H27N3O2/c1-12(2)17(21-9-7-19-8-10-21)14-5-6-16-15(11-14)20(4)18(22)13(3)23-16/h5-6,11-13,17,19H,7-10H2,1-4H3. The minimum Gasteiger partial charge on any atom is -0.479 e. The number of benzene rings is 1. The first kappa shape index (κ1) is 16.3. The molecule has 2 aliphatic heterocycles. The Morgan fingerprint density at radius 3 is 2.61 bits per heavy atom. The summed E-state index contributed by atoms with van der Waals surface area (Å²) in [5.41, 5.74) is 2.14. The zero-order chi connectivity index (χ0) is 16.6. The van der Waals surface area contributed by atoms with Crippen LogP contribution in [0.2, 0.25) is 0 Å².